The third kappa shape index (κ3) is 9.69. The molecule has 0 radical (unpaired) electrons. The first-order valence-electron chi connectivity index (χ1n) is 6.29. The molecule has 0 heterocycles. The van der Waals surface area contributed by atoms with Gasteiger partial charge in [0.1, 0.15) is 0 Å². The Hall–Kier alpha value is -0.860. The van der Waals surface area contributed by atoms with Crippen molar-refractivity contribution in [3.05, 3.63) is 0 Å². The van der Waals surface area contributed by atoms with Crippen LogP contribution in [0.3, 0.4) is 0 Å². The van der Waals surface area contributed by atoms with Crippen molar-refractivity contribution in [2.45, 2.75) is 65.7 Å². The van der Waals surface area contributed by atoms with E-state index in [0.29, 0.717) is 18.8 Å². The molecule has 0 N–H and O–H groups in total. The highest BCUT2D eigenvalue weighted by molar-refractivity contribution is 5.85. The fraction of sp³-hybridized carbons (Fsp3) is 0.846. The van der Waals surface area contributed by atoms with Crippen molar-refractivity contribution >= 4 is 11.9 Å². The molecule has 0 bridgehead atoms. The molecule has 0 aliphatic rings. The second kappa shape index (κ2) is 9.37. The first-order valence-corrected chi connectivity index (χ1v) is 6.29. The zero-order valence-electron chi connectivity index (χ0n) is 10.8. The van der Waals surface area contributed by atoms with Crippen LogP contribution in [-0.2, 0) is 14.3 Å². The lowest BCUT2D eigenvalue weighted by Gasteiger charge is -2.04. The van der Waals surface area contributed by atoms with Crippen molar-refractivity contribution < 1.29 is 14.3 Å². The largest absolute Gasteiger partial charge is 0.393 e. The van der Waals surface area contributed by atoms with Crippen molar-refractivity contribution in [1.29, 1.82) is 0 Å². The maximum atomic E-state index is 11.2. The molecule has 0 saturated heterocycles. The maximum absolute atomic E-state index is 11.2. The van der Waals surface area contributed by atoms with Gasteiger partial charge in [-0.05, 0) is 18.8 Å². The normalized spacial score (nSPS) is 10.5. The Morgan fingerprint density at radius 1 is 1.00 bits per heavy atom. The van der Waals surface area contributed by atoms with E-state index in [0.717, 1.165) is 32.1 Å². The molecule has 94 valence electrons. The lowest BCUT2D eigenvalue weighted by Crippen LogP contribution is -2.12. The molecule has 0 amide bonds. The number of hydrogen-bond donors (Lipinski definition) is 0. The third-order valence-corrected chi connectivity index (χ3v) is 2.39. The van der Waals surface area contributed by atoms with E-state index in [-0.39, 0.29) is 11.9 Å². The summed E-state index contributed by atoms with van der Waals surface area (Å²) in [5.41, 5.74) is 0. The van der Waals surface area contributed by atoms with Crippen LogP contribution in [0, 0.1) is 5.92 Å². The van der Waals surface area contributed by atoms with E-state index in [1.54, 1.807) is 0 Å². The zero-order chi connectivity index (χ0) is 12.4. The van der Waals surface area contributed by atoms with E-state index in [4.69, 9.17) is 4.74 Å². The van der Waals surface area contributed by atoms with Crippen LogP contribution in [0.2, 0.25) is 0 Å². The Morgan fingerprint density at radius 2 is 1.62 bits per heavy atom. The van der Waals surface area contributed by atoms with Crippen LogP contribution in [0.5, 0.6) is 0 Å². The van der Waals surface area contributed by atoms with Gasteiger partial charge >= 0.3 is 11.9 Å². The number of rotatable bonds is 8. The minimum absolute atomic E-state index is 0.346. The molecule has 0 saturated carbocycles. The molecule has 3 nitrogen and oxygen atoms in total. The zero-order valence-corrected chi connectivity index (χ0v) is 10.8. The van der Waals surface area contributed by atoms with Crippen LogP contribution in [0.25, 0.3) is 0 Å². The molecular formula is C13H24O3. The van der Waals surface area contributed by atoms with E-state index < -0.39 is 0 Å². The van der Waals surface area contributed by atoms with Crippen molar-refractivity contribution in [2.75, 3.05) is 0 Å². The van der Waals surface area contributed by atoms with Gasteiger partial charge in [-0.15, -0.1) is 0 Å². The summed E-state index contributed by atoms with van der Waals surface area (Å²) in [6, 6.07) is 0. The molecule has 0 aliphatic heterocycles. The fourth-order valence-electron chi connectivity index (χ4n) is 1.33. The summed E-state index contributed by atoms with van der Waals surface area (Å²) < 4.78 is 4.70. The van der Waals surface area contributed by atoms with E-state index in [9.17, 15) is 9.59 Å². The van der Waals surface area contributed by atoms with Crippen molar-refractivity contribution in [1.82, 2.24) is 0 Å². The van der Waals surface area contributed by atoms with Crippen molar-refractivity contribution in [2.24, 2.45) is 5.92 Å². The number of carbonyl (C=O) groups excluding carboxylic acids is 2. The van der Waals surface area contributed by atoms with Gasteiger partial charge in [0.2, 0.25) is 0 Å². The Balaban J connectivity index is 3.51. The molecule has 0 aromatic carbocycles. The minimum atomic E-state index is -0.380. The molecule has 0 atom stereocenters. The van der Waals surface area contributed by atoms with Crippen LogP contribution in [0.1, 0.15) is 65.7 Å². The highest BCUT2D eigenvalue weighted by Crippen LogP contribution is 2.07. The minimum Gasteiger partial charge on any atom is -0.393 e. The summed E-state index contributed by atoms with van der Waals surface area (Å²) in [6.45, 7) is 6.20. The highest BCUT2D eigenvalue weighted by Gasteiger charge is 2.10. The molecule has 0 aliphatic carbocycles. The molecule has 0 aromatic heterocycles. The Morgan fingerprint density at radius 3 is 2.19 bits per heavy atom. The SMILES string of the molecule is CCCCCCC(=O)OC(=O)CCC(C)C. The number of esters is 2. The predicted molar refractivity (Wildman–Crippen MR) is 63.9 cm³/mol. The molecule has 3 heteroatoms. The number of unbranched alkanes of at least 4 members (excludes halogenated alkanes) is 3. The van der Waals surface area contributed by atoms with Gasteiger partial charge in [-0.2, -0.15) is 0 Å². The number of carbonyl (C=O) groups is 2. The van der Waals surface area contributed by atoms with Gasteiger partial charge in [-0.1, -0.05) is 40.0 Å². The van der Waals surface area contributed by atoms with Gasteiger partial charge in [0.25, 0.3) is 0 Å². The summed E-state index contributed by atoms with van der Waals surface area (Å²) in [4.78, 5) is 22.4. The van der Waals surface area contributed by atoms with Gasteiger partial charge in [-0.3, -0.25) is 9.59 Å². The Kier molecular flexibility index (Phi) is 8.87. The Bertz CT molecular complexity index is 209. The van der Waals surface area contributed by atoms with Crippen LogP contribution in [-0.4, -0.2) is 11.9 Å². The summed E-state index contributed by atoms with van der Waals surface area (Å²) in [5.74, 6) is -0.286. The van der Waals surface area contributed by atoms with Gasteiger partial charge in [-0.25, -0.2) is 0 Å². The Labute approximate surface area is 98.6 Å². The van der Waals surface area contributed by atoms with Crippen LogP contribution >= 0.6 is 0 Å². The van der Waals surface area contributed by atoms with Crippen LogP contribution in [0.4, 0.5) is 0 Å². The van der Waals surface area contributed by atoms with Gasteiger partial charge < -0.3 is 4.74 Å². The van der Waals surface area contributed by atoms with E-state index in [1.165, 1.54) is 0 Å². The monoisotopic (exact) mass is 228 g/mol. The molecule has 0 aromatic rings. The maximum Gasteiger partial charge on any atom is 0.313 e. The number of hydrogen-bond acceptors (Lipinski definition) is 3. The smallest absolute Gasteiger partial charge is 0.313 e. The summed E-state index contributed by atoms with van der Waals surface area (Å²) in [6.07, 6.45) is 5.63. The second-order valence-corrected chi connectivity index (χ2v) is 4.59. The van der Waals surface area contributed by atoms with E-state index in [2.05, 4.69) is 6.92 Å². The predicted octanol–water partition coefficient (Wildman–Crippen LogP) is 3.46. The lowest BCUT2D eigenvalue weighted by molar-refractivity contribution is -0.159. The van der Waals surface area contributed by atoms with Gasteiger partial charge in [0, 0.05) is 12.8 Å². The van der Waals surface area contributed by atoms with Gasteiger partial charge in [0.15, 0.2) is 0 Å². The molecule has 0 fully saturated rings. The summed E-state index contributed by atoms with van der Waals surface area (Å²) in [7, 11) is 0. The second-order valence-electron chi connectivity index (χ2n) is 4.59. The molecule has 16 heavy (non-hydrogen) atoms. The van der Waals surface area contributed by atoms with E-state index >= 15 is 0 Å². The topological polar surface area (TPSA) is 43.4 Å². The molecule has 0 spiro atoms. The first-order chi connectivity index (χ1) is 7.56. The fourth-order valence-corrected chi connectivity index (χ4v) is 1.33. The summed E-state index contributed by atoms with van der Waals surface area (Å²) >= 11 is 0. The average molecular weight is 228 g/mol. The van der Waals surface area contributed by atoms with Gasteiger partial charge in [0.05, 0.1) is 0 Å². The molecule has 0 rings (SSSR count). The number of ether oxygens (including phenoxy) is 1. The quantitative estimate of drug-likeness (QED) is 0.363. The van der Waals surface area contributed by atoms with E-state index in [1.807, 2.05) is 13.8 Å². The summed E-state index contributed by atoms with van der Waals surface area (Å²) in [5, 5.41) is 0. The standard InChI is InChI=1S/C13H24O3/c1-4-5-6-7-8-12(14)16-13(15)10-9-11(2)3/h11H,4-10H2,1-3H3. The van der Waals surface area contributed by atoms with Crippen molar-refractivity contribution in [3.63, 3.8) is 0 Å². The van der Waals surface area contributed by atoms with Crippen LogP contribution in [0.15, 0.2) is 0 Å². The van der Waals surface area contributed by atoms with Crippen molar-refractivity contribution in [3.8, 4) is 0 Å². The highest BCUT2D eigenvalue weighted by atomic mass is 16.6. The average Bonchev–Trinajstić information content (AvgIpc) is 2.21. The lowest BCUT2D eigenvalue weighted by atomic mass is 10.1. The third-order valence-electron chi connectivity index (χ3n) is 2.39. The molecular weight excluding hydrogens is 204 g/mol. The molecule has 0 unspecified atom stereocenters. The van der Waals surface area contributed by atoms with Crippen LogP contribution < -0.4 is 0 Å². The first kappa shape index (κ1) is 15.1.